The van der Waals surface area contributed by atoms with E-state index in [9.17, 15) is 14.9 Å². The van der Waals surface area contributed by atoms with E-state index < -0.39 is 10.9 Å². The molecule has 0 bridgehead atoms. The minimum atomic E-state index is -0.648. The number of hydrogen-bond acceptors (Lipinski definition) is 7. The lowest BCUT2D eigenvalue weighted by Gasteiger charge is -2.33. The lowest BCUT2D eigenvalue weighted by atomic mass is 10.1. The first kappa shape index (κ1) is 16.9. The molecule has 2 aromatic heterocycles. The summed E-state index contributed by atoms with van der Waals surface area (Å²) >= 11 is 0. The van der Waals surface area contributed by atoms with Crippen molar-refractivity contribution in [3.05, 3.63) is 45.9 Å². The number of aromatic nitrogens is 3. The fourth-order valence-corrected chi connectivity index (χ4v) is 3.05. The second-order valence-corrected chi connectivity index (χ2v) is 6.06. The van der Waals surface area contributed by atoms with Crippen LogP contribution in [-0.4, -0.2) is 45.9 Å². The number of esters is 1. The van der Waals surface area contributed by atoms with Gasteiger partial charge in [0.25, 0.3) is 0 Å². The quantitative estimate of drug-likeness (QED) is 0.475. The summed E-state index contributed by atoms with van der Waals surface area (Å²) in [5.41, 5.74) is 0.943. The number of ether oxygens (including phenoxy) is 1. The van der Waals surface area contributed by atoms with Crippen LogP contribution in [0.25, 0.3) is 0 Å². The average molecular weight is 345 g/mol. The molecule has 1 atom stereocenters. The number of nitro groups is 1. The maximum Gasteiger partial charge on any atom is 0.339 e. The van der Waals surface area contributed by atoms with Gasteiger partial charge in [0.05, 0.1) is 29.8 Å². The van der Waals surface area contributed by atoms with Crippen molar-refractivity contribution in [1.82, 2.24) is 14.8 Å². The van der Waals surface area contributed by atoms with E-state index in [1.807, 2.05) is 22.7 Å². The van der Waals surface area contributed by atoms with Gasteiger partial charge in [0.2, 0.25) is 5.82 Å². The zero-order valence-corrected chi connectivity index (χ0v) is 14.1. The van der Waals surface area contributed by atoms with Crippen molar-refractivity contribution in [3.63, 3.8) is 0 Å². The molecule has 1 saturated heterocycles. The maximum atomic E-state index is 11.6. The Kier molecular flexibility index (Phi) is 4.64. The smallest absolute Gasteiger partial charge is 0.339 e. The van der Waals surface area contributed by atoms with Crippen molar-refractivity contribution < 1.29 is 14.5 Å². The summed E-state index contributed by atoms with van der Waals surface area (Å²) < 4.78 is 6.51. The molecule has 0 saturated carbocycles. The summed E-state index contributed by atoms with van der Waals surface area (Å²) in [4.78, 5) is 28.6. The molecule has 25 heavy (non-hydrogen) atoms. The molecule has 1 unspecified atom stereocenters. The molecule has 0 aromatic carbocycles. The molecule has 132 valence electrons. The van der Waals surface area contributed by atoms with Crippen LogP contribution in [0.15, 0.2) is 24.7 Å². The number of hydrogen-bond donors (Lipinski definition) is 0. The van der Waals surface area contributed by atoms with Crippen molar-refractivity contribution in [1.29, 1.82) is 0 Å². The molecule has 1 fully saturated rings. The van der Waals surface area contributed by atoms with Crippen molar-refractivity contribution in [2.24, 2.45) is 0 Å². The molecule has 0 aliphatic carbocycles. The fraction of sp³-hybridized carbons (Fsp3) is 0.438. The number of rotatable bonds is 4. The molecule has 3 rings (SSSR count). The van der Waals surface area contributed by atoms with E-state index >= 15 is 0 Å². The van der Waals surface area contributed by atoms with Crippen LogP contribution in [0.3, 0.4) is 0 Å². The van der Waals surface area contributed by atoms with Crippen LogP contribution in [0.4, 0.5) is 11.5 Å². The lowest BCUT2D eigenvalue weighted by Crippen LogP contribution is -2.37. The van der Waals surface area contributed by atoms with Gasteiger partial charge in [-0.15, -0.1) is 0 Å². The summed E-state index contributed by atoms with van der Waals surface area (Å²) in [5, 5.41) is 15.8. The third kappa shape index (κ3) is 3.44. The van der Waals surface area contributed by atoms with Gasteiger partial charge >= 0.3 is 11.7 Å². The van der Waals surface area contributed by atoms with Gasteiger partial charge in [-0.3, -0.25) is 14.8 Å². The molecule has 2 aromatic rings. The standard InChI is InChI=1S/C16H19N5O4/c1-11-7-18-20(9-11)13-4-3-5-19(10-13)15-14(21(23)24)6-12(8-17-15)16(22)25-2/h6-9,13H,3-5,10H2,1-2H3. The van der Waals surface area contributed by atoms with Crippen LogP contribution in [0.5, 0.6) is 0 Å². The predicted molar refractivity (Wildman–Crippen MR) is 89.7 cm³/mol. The van der Waals surface area contributed by atoms with E-state index in [2.05, 4.69) is 14.8 Å². The Bertz CT molecular complexity index is 804. The summed E-state index contributed by atoms with van der Waals surface area (Å²) in [6, 6.07) is 1.35. The first-order valence-electron chi connectivity index (χ1n) is 7.98. The van der Waals surface area contributed by atoms with Crippen molar-refractivity contribution >= 4 is 17.5 Å². The average Bonchev–Trinajstić information content (AvgIpc) is 3.07. The largest absolute Gasteiger partial charge is 0.465 e. The number of carbonyl (C=O) groups excluding carboxylic acids is 1. The number of methoxy groups -OCH3 is 1. The Labute approximate surface area is 144 Å². The van der Waals surface area contributed by atoms with Gasteiger partial charge < -0.3 is 9.64 Å². The molecule has 3 heterocycles. The van der Waals surface area contributed by atoms with Crippen LogP contribution in [0.2, 0.25) is 0 Å². The topological polar surface area (TPSA) is 103 Å². The summed E-state index contributed by atoms with van der Waals surface area (Å²) in [6.07, 6.45) is 6.91. The van der Waals surface area contributed by atoms with E-state index in [4.69, 9.17) is 0 Å². The highest BCUT2D eigenvalue weighted by molar-refractivity contribution is 5.90. The SMILES string of the molecule is COC(=O)c1cnc(N2CCCC(n3cc(C)cn3)C2)c([N+](=O)[O-])c1. The predicted octanol–water partition coefficient (Wildman–Crippen LogP) is 2.12. The molecule has 0 spiro atoms. The van der Waals surface area contributed by atoms with Crippen LogP contribution in [0.1, 0.15) is 34.8 Å². The molecule has 1 aliphatic heterocycles. The molecule has 0 N–H and O–H groups in total. The van der Waals surface area contributed by atoms with Crippen molar-refractivity contribution in [2.45, 2.75) is 25.8 Å². The Morgan fingerprint density at radius 2 is 2.24 bits per heavy atom. The summed E-state index contributed by atoms with van der Waals surface area (Å²) in [6.45, 7) is 3.22. The third-order valence-electron chi connectivity index (χ3n) is 4.27. The van der Waals surface area contributed by atoms with Gasteiger partial charge in [-0.25, -0.2) is 9.78 Å². The van der Waals surface area contributed by atoms with Gasteiger partial charge in [0.15, 0.2) is 0 Å². The highest BCUT2D eigenvalue weighted by Gasteiger charge is 2.29. The number of aryl methyl sites for hydroxylation is 1. The second kappa shape index (κ2) is 6.88. The Balaban J connectivity index is 1.89. The van der Waals surface area contributed by atoms with Crippen LogP contribution >= 0.6 is 0 Å². The number of anilines is 1. The normalized spacial score (nSPS) is 17.4. The number of nitrogens with zero attached hydrogens (tertiary/aromatic N) is 5. The van der Waals surface area contributed by atoms with E-state index in [1.165, 1.54) is 19.4 Å². The maximum absolute atomic E-state index is 11.6. The zero-order chi connectivity index (χ0) is 18.0. The van der Waals surface area contributed by atoms with Crippen LogP contribution in [-0.2, 0) is 4.74 Å². The molecule has 9 heteroatoms. The van der Waals surface area contributed by atoms with Crippen molar-refractivity contribution in [3.8, 4) is 0 Å². The van der Waals surface area contributed by atoms with E-state index in [0.29, 0.717) is 13.1 Å². The highest BCUT2D eigenvalue weighted by Crippen LogP contribution is 2.31. The Morgan fingerprint density at radius 1 is 1.44 bits per heavy atom. The van der Waals surface area contributed by atoms with Gasteiger partial charge in [0.1, 0.15) is 0 Å². The number of piperidine rings is 1. The molecule has 0 amide bonds. The monoisotopic (exact) mass is 345 g/mol. The lowest BCUT2D eigenvalue weighted by molar-refractivity contribution is -0.384. The third-order valence-corrected chi connectivity index (χ3v) is 4.27. The van der Waals surface area contributed by atoms with Crippen LogP contribution < -0.4 is 4.90 Å². The van der Waals surface area contributed by atoms with E-state index in [0.717, 1.165) is 18.4 Å². The van der Waals surface area contributed by atoms with Gasteiger partial charge in [-0.2, -0.15) is 5.10 Å². The molecular formula is C16H19N5O4. The van der Waals surface area contributed by atoms with E-state index in [-0.39, 0.29) is 23.1 Å². The Morgan fingerprint density at radius 3 is 2.88 bits per heavy atom. The first-order valence-corrected chi connectivity index (χ1v) is 7.98. The number of pyridine rings is 1. The minimum absolute atomic E-state index is 0.0641. The van der Waals surface area contributed by atoms with Crippen LogP contribution in [0, 0.1) is 17.0 Å². The molecular weight excluding hydrogens is 326 g/mol. The second-order valence-electron chi connectivity index (χ2n) is 6.06. The van der Waals surface area contributed by atoms with Gasteiger partial charge in [-0.1, -0.05) is 0 Å². The first-order chi connectivity index (χ1) is 12.0. The fourth-order valence-electron chi connectivity index (χ4n) is 3.05. The Hall–Kier alpha value is -2.97. The highest BCUT2D eigenvalue weighted by atomic mass is 16.6. The minimum Gasteiger partial charge on any atom is -0.465 e. The zero-order valence-electron chi connectivity index (χ0n) is 14.1. The van der Waals surface area contributed by atoms with E-state index in [1.54, 1.807) is 6.20 Å². The molecule has 0 radical (unpaired) electrons. The summed E-state index contributed by atoms with van der Waals surface area (Å²) in [5.74, 6) is -0.378. The van der Waals surface area contributed by atoms with Crippen molar-refractivity contribution in [2.75, 3.05) is 25.1 Å². The van der Waals surface area contributed by atoms with Gasteiger partial charge in [-0.05, 0) is 25.3 Å². The molecule has 1 aliphatic rings. The number of carbonyl (C=O) groups is 1. The van der Waals surface area contributed by atoms with Gasteiger partial charge in [0, 0.05) is 31.5 Å². The summed E-state index contributed by atoms with van der Waals surface area (Å²) in [7, 11) is 1.23. The molecule has 9 nitrogen and oxygen atoms in total.